The van der Waals surface area contributed by atoms with Gasteiger partial charge in [0.2, 0.25) is 10.0 Å². The molecule has 1 atom stereocenters. The molecule has 2 aromatic carbocycles. The van der Waals surface area contributed by atoms with E-state index in [-0.39, 0.29) is 60.8 Å². The number of nitrogens with zero attached hydrogens (tertiary/aromatic N) is 6. The maximum atomic E-state index is 14.0. The Balaban J connectivity index is 1.45. The van der Waals surface area contributed by atoms with E-state index in [1.807, 2.05) is 28.0 Å². The molecule has 0 spiro atoms. The highest BCUT2D eigenvalue weighted by molar-refractivity contribution is 7.89. The number of anilines is 2. The largest absolute Gasteiger partial charge is 0.466 e. The van der Waals surface area contributed by atoms with Crippen LogP contribution in [-0.2, 0) is 19.6 Å². The zero-order chi connectivity index (χ0) is 30.7. The number of carbonyl (C=O) groups excluding carboxylic acids is 1. The highest BCUT2D eigenvalue weighted by atomic mass is 32.2. The van der Waals surface area contributed by atoms with Crippen molar-refractivity contribution in [1.82, 2.24) is 14.1 Å². The van der Waals surface area contributed by atoms with Crippen LogP contribution in [0.5, 0.6) is 0 Å². The molecule has 1 unspecified atom stereocenters. The summed E-state index contributed by atoms with van der Waals surface area (Å²) in [5.74, 6) is -0.666. The number of esters is 1. The number of hydrogen-bond donors (Lipinski definition) is 0. The quantitative estimate of drug-likeness (QED) is 0.212. The first-order chi connectivity index (χ1) is 20.6. The highest BCUT2D eigenvalue weighted by Crippen LogP contribution is 2.32. The number of sulfonamides is 1. The lowest BCUT2D eigenvalue weighted by Gasteiger charge is -2.39. The van der Waals surface area contributed by atoms with Crippen LogP contribution >= 0.6 is 0 Å². The molecular weight excluding hydrogens is 576 g/mol. The summed E-state index contributed by atoms with van der Waals surface area (Å²) in [5.41, 5.74) is 1.35. The van der Waals surface area contributed by atoms with Crippen molar-refractivity contribution in [2.45, 2.75) is 31.6 Å². The molecule has 2 fully saturated rings. The van der Waals surface area contributed by atoms with E-state index in [1.54, 1.807) is 32.2 Å². The van der Waals surface area contributed by atoms with Crippen molar-refractivity contribution in [1.29, 1.82) is 0 Å². The maximum Gasteiger partial charge on any atom is 0.310 e. The van der Waals surface area contributed by atoms with E-state index < -0.39 is 14.9 Å². The molecule has 2 saturated heterocycles. The Morgan fingerprint density at radius 3 is 2.47 bits per heavy atom. The van der Waals surface area contributed by atoms with Gasteiger partial charge in [0.15, 0.2) is 0 Å². The molecule has 13 nitrogen and oxygen atoms in total. The third kappa shape index (κ3) is 6.11. The number of rotatable bonds is 8. The molecule has 3 heterocycles. The third-order valence-electron chi connectivity index (χ3n) is 7.89. The highest BCUT2D eigenvalue weighted by Gasteiger charge is 2.34. The van der Waals surface area contributed by atoms with Gasteiger partial charge in [-0.05, 0) is 44.9 Å². The number of aryl methyl sites for hydroxylation is 1. The molecule has 2 aliphatic heterocycles. The molecule has 228 valence electrons. The van der Waals surface area contributed by atoms with Crippen molar-refractivity contribution in [2.24, 2.45) is 5.92 Å². The second kappa shape index (κ2) is 12.5. The van der Waals surface area contributed by atoms with E-state index in [9.17, 15) is 28.1 Å². The number of hydrogen-bond acceptors (Lipinski definition) is 10. The number of carbonyl (C=O) groups is 1. The van der Waals surface area contributed by atoms with Crippen LogP contribution in [0.25, 0.3) is 5.69 Å². The van der Waals surface area contributed by atoms with Crippen LogP contribution in [0.2, 0.25) is 0 Å². The number of piperidine rings is 1. The molecule has 14 heteroatoms. The summed E-state index contributed by atoms with van der Waals surface area (Å²) >= 11 is 0. The van der Waals surface area contributed by atoms with E-state index in [1.165, 1.54) is 21.1 Å². The first-order valence-corrected chi connectivity index (χ1v) is 15.6. The minimum absolute atomic E-state index is 0.108. The Kier molecular flexibility index (Phi) is 8.78. The minimum atomic E-state index is -3.99. The smallest absolute Gasteiger partial charge is 0.310 e. The molecule has 0 radical (unpaired) electrons. The molecular formula is C29H34N6O7S. The van der Waals surface area contributed by atoms with E-state index in [0.29, 0.717) is 48.6 Å². The van der Waals surface area contributed by atoms with Crippen LogP contribution in [0.1, 0.15) is 25.3 Å². The lowest BCUT2D eigenvalue weighted by Crippen LogP contribution is -2.50. The third-order valence-corrected chi connectivity index (χ3v) is 9.78. The fourth-order valence-corrected chi connectivity index (χ4v) is 7.06. The summed E-state index contributed by atoms with van der Waals surface area (Å²) in [4.78, 5) is 41.1. The van der Waals surface area contributed by atoms with Crippen LogP contribution in [0, 0.1) is 23.0 Å². The molecule has 43 heavy (non-hydrogen) atoms. The van der Waals surface area contributed by atoms with Gasteiger partial charge in [0.25, 0.3) is 11.2 Å². The minimum Gasteiger partial charge on any atom is -0.466 e. The Morgan fingerprint density at radius 1 is 1.07 bits per heavy atom. The summed E-state index contributed by atoms with van der Waals surface area (Å²) in [7, 11) is -3.99. The predicted molar refractivity (Wildman–Crippen MR) is 160 cm³/mol. The number of ether oxygens (including phenoxy) is 1. The van der Waals surface area contributed by atoms with Gasteiger partial charge in [-0.3, -0.25) is 19.7 Å². The predicted octanol–water partition coefficient (Wildman–Crippen LogP) is 2.74. The van der Waals surface area contributed by atoms with Crippen LogP contribution in [0.4, 0.5) is 17.1 Å². The lowest BCUT2D eigenvalue weighted by atomic mass is 9.97. The SMILES string of the molecule is CCOC(=O)C1CCCN(c2c(N3CCN(S(=O)(=O)c4ccc(C)c([N+](=O)[O-])c4)CC3)cnn(-c3ccccc3)c2=O)C1. The monoisotopic (exact) mass is 610 g/mol. The number of benzene rings is 2. The van der Waals surface area contributed by atoms with E-state index in [0.717, 1.165) is 6.07 Å². The number of para-hydroxylation sites is 1. The van der Waals surface area contributed by atoms with Gasteiger partial charge >= 0.3 is 5.97 Å². The first-order valence-electron chi connectivity index (χ1n) is 14.2. The maximum absolute atomic E-state index is 14.0. The zero-order valence-electron chi connectivity index (χ0n) is 24.1. The summed E-state index contributed by atoms with van der Waals surface area (Å²) in [6, 6.07) is 13.0. The van der Waals surface area contributed by atoms with Crippen molar-refractivity contribution in [3.63, 3.8) is 0 Å². The Labute approximate surface area is 249 Å². The van der Waals surface area contributed by atoms with Crippen molar-refractivity contribution in [3.05, 3.63) is 80.8 Å². The number of aromatic nitrogens is 2. The molecule has 5 rings (SSSR count). The van der Waals surface area contributed by atoms with Gasteiger partial charge in [0.05, 0.1) is 39.9 Å². The van der Waals surface area contributed by atoms with Gasteiger partial charge in [-0.15, -0.1) is 0 Å². The van der Waals surface area contributed by atoms with E-state index in [4.69, 9.17) is 4.74 Å². The van der Waals surface area contributed by atoms with Crippen LogP contribution in [-0.4, -0.2) is 79.3 Å². The number of nitro groups is 1. The standard InChI is InChI=1S/C29H34N6O7S/c1-3-42-29(37)22-8-7-13-32(20-22)27-26(19-30-34(28(27)36)23-9-5-4-6-10-23)31-14-16-33(17-15-31)43(40,41)24-12-11-21(2)25(18-24)35(38)39/h4-6,9-12,18-19,22H,3,7-8,13-17,20H2,1-2H3. The van der Waals surface area contributed by atoms with Crippen molar-refractivity contribution in [2.75, 3.05) is 55.7 Å². The lowest BCUT2D eigenvalue weighted by molar-refractivity contribution is -0.385. The molecule has 0 aliphatic carbocycles. The van der Waals surface area contributed by atoms with Gasteiger partial charge in [-0.1, -0.05) is 24.3 Å². The van der Waals surface area contributed by atoms with Gasteiger partial charge in [-0.25, -0.2) is 8.42 Å². The molecule has 2 aliphatic rings. The summed E-state index contributed by atoms with van der Waals surface area (Å²) in [5, 5.41) is 15.9. The Hall–Kier alpha value is -4.30. The normalized spacial score (nSPS) is 18.0. The average molecular weight is 611 g/mol. The Bertz CT molecular complexity index is 1670. The summed E-state index contributed by atoms with van der Waals surface area (Å²) < 4.78 is 34.7. The van der Waals surface area contributed by atoms with Gasteiger partial charge in [-0.2, -0.15) is 14.1 Å². The second-order valence-electron chi connectivity index (χ2n) is 10.6. The van der Waals surface area contributed by atoms with Crippen LogP contribution < -0.4 is 15.4 Å². The molecule has 0 amide bonds. The van der Waals surface area contributed by atoms with Crippen LogP contribution in [0.15, 0.2) is 64.4 Å². The fraction of sp³-hybridized carbons (Fsp3) is 0.414. The second-order valence-corrected chi connectivity index (χ2v) is 12.5. The summed E-state index contributed by atoms with van der Waals surface area (Å²) in [6.45, 7) is 5.24. The van der Waals surface area contributed by atoms with E-state index >= 15 is 0 Å². The molecule has 0 bridgehead atoms. The van der Waals surface area contributed by atoms with Gasteiger partial charge in [0, 0.05) is 50.9 Å². The number of piperazine rings is 1. The molecule has 0 saturated carbocycles. The molecule has 3 aromatic rings. The zero-order valence-corrected chi connectivity index (χ0v) is 24.9. The average Bonchev–Trinajstić information content (AvgIpc) is 3.01. The van der Waals surface area contributed by atoms with Crippen molar-refractivity contribution >= 4 is 33.1 Å². The van der Waals surface area contributed by atoms with E-state index in [2.05, 4.69) is 5.10 Å². The fourth-order valence-electron chi connectivity index (χ4n) is 5.62. The Morgan fingerprint density at radius 2 is 1.79 bits per heavy atom. The van der Waals surface area contributed by atoms with Gasteiger partial charge in [0.1, 0.15) is 5.69 Å². The van der Waals surface area contributed by atoms with Gasteiger partial charge < -0.3 is 14.5 Å². The van der Waals surface area contributed by atoms with Crippen molar-refractivity contribution in [3.8, 4) is 5.69 Å². The van der Waals surface area contributed by atoms with Crippen molar-refractivity contribution < 1.29 is 22.9 Å². The van der Waals surface area contributed by atoms with Crippen LogP contribution in [0.3, 0.4) is 0 Å². The first kappa shape index (κ1) is 30.2. The topological polar surface area (TPSA) is 148 Å². The molecule has 0 N–H and O–H groups in total. The number of nitro benzene ring substituents is 1. The summed E-state index contributed by atoms with van der Waals surface area (Å²) in [6.07, 6.45) is 2.98. The molecule has 1 aromatic heterocycles.